The number of hydrogen-bond donors (Lipinski definition) is 1. The molecule has 0 saturated heterocycles. The summed E-state index contributed by atoms with van der Waals surface area (Å²) in [6, 6.07) is 2.09. The Labute approximate surface area is 130 Å². The van der Waals surface area contributed by atoms with Crippen LogP contribution in [0.4, 0.5) is 5.82 Å². The monoisotopic (exact) mass is 301 g/mol. The van der Waals surface area contributed by atoms with Crippen molar-refractivity contribution < 1.29 is 4.79 Å². The third-order valence-corrected chi connectivity index (χ3v) is 3.79. The van der Waals surface area contributed by atoms with Gasteiger partial charge in [0.2, 0.25) is 5.91 Å². The summed E-state index contributed by atoms with van der Waals surface area (Å²) in [6.45, 7) is 9.08. The highest BCUT2D eigenvalue weighted by Gasteiger charge is 2.19. The number of aromatic amines is 1. The van der Waals surface area contributed by atoms with E-state index in [-0.39, 0.29) is 11.9 Å². The molecule has 2 heterocycles. The molecule has 1 N–H and O–H groups in total. The number of H-pyrrole nitrogens is 1. The second kappa shape index (κ2) is 7.06. The van der Waals surface area contributed by atoms with Gasteiger partial charge in [-0.15, -0.1) is 0 Å². The summed E-state index contributed by atoms with van der Waals surface area (Å²) in [7, 11) is 1.99. The van der Waals surface area contributed by atoms with E-state index in [1.807, 2.05) is 24.2 Å². The fourth-order valence-electron chi connectivity index (χ4n) is 2.48. The maximum atomic E-state index is 11.9. The Kier molecular flexibility index (Phi) is 5.14. The lowest BCUT2D eigenvalue weighted by atomic mass is 10.2. The first-order valence-corrected chi connectivity index (χ1v) is 7.50. The van der Waals surface area contributed by atoms with Crippen LogP contribution in [0.15, 0.2) is 31.2 Å². The van der Waals surface area contributed by atoms with Crippen molar-refractivity contribution in [1.29, 1.82) is 0 Å². The molecule has 0 fully saturated rings. The molecule has 0 radical (unpaired) electrons. The van der Waals surface area contributed by atoms with Crippen molar-refractivity contribution >= 4 is 22.8 Å². The van der Waals surface area contributed by atoms with Crippen molar-refractivity contribution in [3.63, 3.8) is 0 Å². The molecule has 22 heavy (non-hydrogen) atoms. The minimum Gasteiger partial charge on any atom is -0.355 e. The molecule has 2 aromatic rings. The van der Waals surface area contributed by atoms with E-state index >= 15 is 0 Å². The first-order chi connectivity index (χ1) is 10.6. The van der Waals surface area contributed by atoms with Gasteiger partial charge in [-0.3, -0.25) is 4.79 Å². The molecule has 0 aliphatic carbocycles. The SMILES string of the molecule is C=CC(=O)N(CCC)C[C@@H](C)N(C)c1ncnc2[nH]ccc12. The van der Waals surface area contributed by atoms with Crippen molar-refractivity contribution in [1.82, 2.24) is 19.9 Å². The van der Waals surface area contributed by atoms with Gasteiger partial charge in [-0.05, 0) is 25.5 Å². The second-order valence-electron chi connectivity index (χ2n) is 5.39. The zero-order valence-corrected chi connectivity index (χ0v) is 13.4. The first-order valence-electron chi connectivity index (χ1n) is 7.50. The molecule has 0 aliphatic rings. The molecule has 0 bridgehead atoms. The van der Waals surface area contributed by atoms with Crippen LogP contribution in [0.2, 0.25) is 0 Å². The largest absolute Gasteiger partial charge is 0.355 e. The standard InChI is InChI=1S/C16H23N5O/c1-5-9-21(14(22)6-2)10-12(3)20(4)16-13-7-8-17-15(13)18-11-19-16/h6-8,11-12H,2,5,9-10H2,1,3-4H3,(H,17,18,19)/t12-/m1/s1. The third kappa shape index (κ3) is 3.27. The molecule has 118 valence electrons. The molecule has 0 aromatic carbocycles. The van der Waals surface area contributed by atoms with Crippen LogP contribution in [0.3, 0.4) is 0 Å². The molecule has 0 aliphatic heterocycles. The summed E-state index contributed by atoms with van der Waals surface area (Å²) in [5.41, 5.74) is 0.816. The van der Waals surface area contributed by atoms with Crippen molar-refractivity contribution in [2.45, 2.75) is 26.3 Å². The predicted molar refractivity (Wildman–Crippen MR) is 88.8 cm³/mol. The van der Waals surface area contributed by atoms with Gasteiger partial charge in [0.1, 0.15) is 17.8 Å². The van der Waals surface area contributed by atoms with Gasteiger partial charge in [-0.1, -0.05) is 13.5 Å². The van der Waals surface area contributed by atoms with E-state index in [4.69, 9.17) is 0 Å². The number of aromatic nitrogens is 3. The number of likely N-dealkylation sites (N-methyl/N-ethyl adjacent to an activating group) is 1. The second-order valence-corrected chi connectivity index (χ2v) is 5.39. The van der Waals surface area contributed by atoms with Crippen LogP contribution < -0.4 is 4.90 Å². The van der Waals surface area contributed by atoms with Gasteiger partial charge in [-0.25, -0.2) is 9.97 Å². The van der Waals surface area contributed by atoms with Crippen molar-refractivity contribution in [2.75, 3.05) is 25.0 Å². The summed E-state index contributed by atoms with van der Waals surface area (Å²) in [5.74, 6) is 0.831. The molecule has 2 rings (SSSR count). The van der Waals surface area contributed by atoms with Crippen molar-refractivity contribution in [3.8, 4) is 0 Å². The zero-order valence-electron chi connectivity index (χ0n) is 13.4. The Morgan fingerprint density at radius 2 is 2.27 bits per heavy atom. The fourth-order valence-corrected chi connectivity index (χ4v) is 2.48. The highest BCUT2D eigenvalue weighted by molar-refractivity contribution is 5.88. The van der Waals surface area contributed by atoms with Crippen LogP contribution in [-0.2, 0) is 4.79 Å². The van der Waals surface area contributed by atoms with Gasteiger partial charge in [0.05, 0.1) is 5.39 Å². The van der Waals surface area contributed by atoms with Crippen LogP contribution >= 0.6 is 0 Å². The highest BCUT2D eigenvalue weighted by Crippen LogP contribution is 2.22. The number of carbonyl (C=O) groups is 1. The molecule has 0 unspecified atom stereocenters. The topological polar surface area (TPSA) is 65.1 Å². The van der Waals surface area contributed by atoms with E-state index in [2.05, 4.69) is 40.3 Å². The lowest BCUT2D eigenvalue weighted by molar-refractivity contribution is -0.126. The molecule has 1 amide bonds. The number of amides is 1. The van der Waals surface area contributed by atoms with Gasteiger partial charge < -0.3 is 14.8 Å². The fraction of sp³-hybridized carbons (Fsp3) is 0.438. The van der Waals surface area contributed by atoms with Crippen LogP contribution in [0.1, 0.15) is 20.3 Å². The van der Waals surface area contributed by atoms with Crippen LogP contribution in [0.5, 0.6) is 0 Å². The van der Waals surface area contributed by atoms with Crippen LogP contribution in [0, 0.1) is 0 Å². The molecule has 6 nitrogen and oxygen atoms in total. The number of nitrogens with zero attached hydrogens (tertiary/aromatic N) is 4. The lowest BCUT2D eigenvalue weighted by Gasteiger charge is -2.31. The van der Waals surface area contributed by atoms with Crippen molar-refractivity contribution in [2.24, 2.45) is 0 Å². The van der Waals surface area contributed by atoms with Gasteiger partial charge in [0, 0.05) is 32.4 Å². The Morgan fingerprint density at radius 1 is 1.50 bits per heavy atom. The summed E-state index contributed by atoms with van der Waals surface area (Å²) in [4.78, 5) is 27.5. The van der Waals surface area contributed by atoms with E-state index < -0.39 is 0 Å². The number of rotatable bonds is 7. The van der Waals surface area contributed by atoms with Gasteiger partial charge >= 0.3 is 0 Å². The Hall–Kier alpha value is -2.37. The molecule has 0 spiro atoms. The summed E-state index contributed by atoms with van der Waals surface area (Å²) in [6.07, 6.45) is 5.70. The number of anilines is 1. The highest BCUT2D eigenvalue weighted by atomic mass is 16.2. The minimum absolute atomic E-state index is 0.0309. The smallest absolute Gasteiger partial charge is 0.246 e. The molecule has 0 saturated carbocycles. The molecular formula is C16H23N5O. The number of hydrogen-bond acceptors (Lipinski definition) is 4. The quantitative estimate of drug-likeness (QED) is 0.796. The van der Waals surface area contributed by atoms with Gasteiger partial charge in [0.25, 0.3) is 0 Å². The van der Waals surface area contributed by atoms with E-state index in [1.54, 1.807) is 6.33 Å². The maximum Gasteiger partial charge on any atom is 0.246 e. The zero-order chi connectivity index (χ0) is 16.1. The molecule has 2 aromatic heterocycles. The van der Waals surface area contributed by atoms with E-state index in [1.165, 1.54) is 6.08 Å². The van der Waals surface area contributed by atoms with Crippen LogP contribution in [-0.4, -0.2) is 51.9 Å². The average Bonchev–Trinajstić information content (AvgIpc) is 3.01. The predicted octanol–water partition coefficient (Wildman–Crippen LogP) is 2.21. The van der Waals surface area contributed by atoms with E-state index in [9.17, 15) is 4.79 Å². The van der Waals surface area contributed by atoms with E-state index in [0.717, 1.165) is 29.8 Å². The summed E-state index contributed by atoms with van der Waals surface area (Å²) < 4.78 is 0. The summed E-state index contributed by atoms with van der Waals surface area (Å²) in [5, 5.41) is 0.980. The average molecular weight is 301 g/mol. The third-order valence-electron chi connectivity index (χ3n) is 3.79. The molecule has 6 heteroatoms. The molecule has 1 atom stereocenters. The molecular weight excluding hydrogens is 278 g/mol. The Balaban J connectivity index is 2.17. The summed E-state index contributed by atoms with van der Waals surface area (Å²) >= 11 is 0. The Bertz CT molecular complexity index is 651. The van der Waals surface area contributed by atoms with E-state index in [0.29, 0.717) is 6.54 Å². The lowest BCUT2D eigenvalue weighted by Crippen LogP contribution is -2.43. The van der Waals surface area contributed by atoms with Gasteiger partial charge in [0.15, 0.2) is 0 Å². The maximum absolute atomic E-state index is 11.9. The first kappa shape index (κ1) is 16.0. The Morgan fingerprint density at radius 3 is 2.95 bits per heavy atom. The number of carbonyl (C=O) groups excluding carboxylic acids is 1. The minimum atomic E-state index is -0.0309. The number of nitrogens with one attached hydrogen (secondary N) is 1. The van der Waals surface area contributed by atoms with Crippen LogP contribution in [0.25, 0.3) is 11.0 Å². The number of fused-ring (bicyclic) bond motifs is 1. The van der Waals surface area contributed by atoms with Crippen molar-refractivity contribution in [3.05, 3.63) is 31.2 Å². The normalized spacial score (nSPS) is 12.1. The van der Waals surface area contributed by atoms with Gasteiger partial charge in [-0.2, -0.15) is 0 Å².